The zero-order valence-corrected chi connectivity index (χ0v) is 20.1. The number of nitrogens with zero attached hydrogens (tertiary/aromatic N) is 2. The van der Waals surface area contributed by atoms with Gasteiger partial charge >= 0.3 is 0 Å². The molecule has 1 heterocycles. The molecule has 0 saturated heterocycles. The number of hydrogen-bond donors (Lipinski definition) is 1. The zero-order chi connectivity index (χ0) is 23.6. The molecule has 0 atom stereocenters. The van der Waals surface area contributed by atoms with Gasteiger partial charge in [-0.05, 0) is 55.7 Å². The van der Waals surface area contributed by atoms with Gasteiger partial charge in [-0.1, -0.05) is 65.4 Å². The summed E-state index contributed by atoms with van der Waals surface area (Å²) in [7, 11) is -3.73. The van der Waals surface area contributed by atoms with Crippen molar-refractivity contribution >= 4 is 32.7 Å². The molecule has 1 aromatic heterocycles. The summed E-state index contributed by atoms with van der Waals surface area (Å²) in [5, 5.41) is 6.43. The van der Waals surface area contributed by atoms with Crippen molar-refractivity contribution in [3.8, 4) is 0 Å². The maximum Gasteiger partial charge on any atom is 0.262 e. The molecule has 0 saturated carbocycles. The molecule has 0 spiro atoms. The second kappa shape index (κ2) is 9.51. The SMILES string of the molecule is Cc1cc(C)cc(CSc2nc3ccccc3c(=O)n2CCc2ccc(S(N)(=O)=O)cc2)c1. The molecule has 0 amide bonds. The molecule has 3 aromatic carbocycles. The van der Waals surface area contributed by atoms with E-state index in [1.807, 2.05) is 18.2 Å². The topological polar surface area (TPSA) is 95.0 Å². The highest BCUT2D eigenvalue weighted by atomic mass is 32.2. The van der Waals surface area contributed by atoms with Gasteiger partial charge in [0.15, 0.2) is 5.16 Å². The maximum atomic E-state index is 13.3. The summed E-state index contributed by atoms with van der Waals surface area (Å²) in [5.74, 6) is 0.705. The molecule has 6 nitrogen and oxygen atoms in total. The van der Waals surface area contributed by atoms with Gasteiger partial charge < -0.3 is 0 Å². The highest BCUT2D eigenvalue weighted by Crippen LogP contribution is 2.24. The van der Waals surface area contributed by atoms with Crippen LogP contribution in [-0.4, -0.2) is 18.0 Å². The van der Waals surface area contributed by atoms with Crippen LogP contribution in [0.25, 0.3) is 10.9 Å². The summed E-state index contributed by atoms with van der Waals surface area (Å²) >= 11 is 1.54. The lowest BCUT2D eigenvalue weighted by atomic mass is 10.1. The van der Waals surface area contributed by atoms with Crippen LogP contribution in [-0.2, 0) is 28.7 Å². The number of benzene rings is 3. The number of fused-ring (bicyclic) bond motifs is 1. The van der Waals surface area contributed by atoms with Crippen LogP contribution >= 0.6 is 11.8 Å². The minimum atomic E-state index is -3.73. The third kappa shape index (κ3) is 5.52. The van der Waals surface area contributed by atoms with Crippen molar-refractivity contribution in [3.63, 3.8) is 0 Å². The number of nitrogens with two attached hydrogens (primary N) is 1. The van der Waals surface area contributed by atoms with E-state index in [1.165, 1.54) is 28.8 Å². The van der Waals surface area contributed by atoms with E-state index in [2.05, 4.69) is 32.0 Å². The smallest absolute Gasteiger partial charge is 0.262 e. The van der Waals surface area contributed by atoms with Gasteiger partial charge in [-0.2, -0.15) is 0 Å². The van der Waals surface area contributed by atoms with E-state index >= 15 is 0 Å². The number of hydrogen-bond acceptors (Lipinski definition) is 5. The molecule has 0 unspecified atom stereocenters. The van der Waals surface area contributed by atoms with Crippen LogP contribution in [0.15, 0.2) is 81.6 Å². The van der Waals surface area contributed by atoms with E-state index in [9.17, 15) is 13.2 Å². The third-order valence-electron chi connectivity index (χ3n) is 5.35. The van der Waals surface area contributed by atoms with E-state index in [4.69, 9.17) is 10.1 Å². The predicted octanol–water partition coefficient (Wildman–Crippen LogP) is 4.20. The average molecular weight is 480 g/mol. The Morgan fingerprint density at radius 3 is 2.27 bits per heavy atom. The second-order valence-corrected chi connectivity index (χ2v) is 10.6. The Labute approximate surface area is 197 Å². The van der Waals surface area contributed by atoms with Crippen LogP contribution in [0.5, 0.6) is 0 Å². The van der Waals surface area contributed by atoms with Crippen molar-refractivity contribution in [1.82, 2.24) is 9.55 Å². The van der Waals surface area contributed by atoms with Crippen LogP contribution in [0.4, 0.5) is 0 Å². The van der Waals surface area contributed by atoms with Crippen molar-refractivity contribution in [3.05, 3.63) is 99.3 Å². The van der Waals surface area contributed by atoms with E-state index in [0.717, 1.165) is 5.56 Å². The van der Waals surface area contributed by atoms with Crippen molar-refractivity contribution in [1.29, 1.82) is 0 Å². The van der Waals surface area contributed by atoms with Crippen LogP contribution in [0.2, 0.25) is 0 Å². The van der Waals surface area contributed by atoms with Crippen LogP contribution in [0.1, 0.15) is 22.3 Å². The van der Waals surface area contributed by atoms with Crippen LogP contribution < -0.4 is 10.7 Å². The molecule has 33 heavy (non-hydrogen) atoms. The molecular weight excluding hydrogens is 454 g/mol. The summed E-state index contributed by atoms with van der Waals surface area (Å²) in [6.45, 7) is 4.58. The average Bonchev–Trinajstić information content (AvgIpc) is 2.76. The minimum absolute atomic E-state index is 0.0699. The first kappa shape index (κ1) is 23.2. The number of aromatic nitrogens is 2. The number of rotatable bonds is 7. The molecule has 4 rings (SSSR count). The lowest BCUT2D eigenvalue weighted by molar-refractivity contribution is 0.594. The zero-order valence-electron chi connectivity index (χ0n) is 18.5. The summed E-state index contributed by atoms with van der Waals surface area (Å²) < 4.78 is 24.7. The van der Waals surface area contributed by atoms with Gasteiger partial charge in [-0.15, -0.1) is 0 Å². The Kier molecular flexibility index (Phi) is 6.69. The summed E-state index contributed by atoms with van der Waals surface area (Å²) in [6, 6.07) is 20.2. The van der Waals surface area contributed by atoms with Crippen molar-refractivity contribution in [2.75, 3.05) is 0 Å². The molecule has 0 aliphatic carbocycles. The minimum Gasteiger partial charge on any atom is -0.287 e. The van der Waals surface area contributed by atoms with Crippen molar-refractivity contribution in [2.24, 2.45) is 5.14 Å². The van der Waals surface area contributed by atoms with Gasteiger partial charge in [-0.25, -0.2) is 18.5 Å². The Bertz CT molecular complexity index is 1460. The number of para-hydroxylation sites is 1. The van der Waals surface area contributed by atoms with E-state index < -0.39 is 10.0 Å². The number of thioether (sulfide) groups is 1. The van der Waals surface area contributed by atoms with Gasteiger partial charge in [0.05, 0.1) is 15.8 Å². The van der Waals surface area contributed by atoms with E-state index in [0.29, 0.717) is 34.8 Å². The van der Waals surface area contributed by atoms with Gasteiger partial charge in [-0.3, -0.25) is 9.36 Å². The fraction of sp³-hybridized carbons (Fsp3) is 0.200. The highest BCUT2D eigenvalue weighted by molar-refractivity contribution is 7.98. The second-order valence-electron chi connectivity index (χ2n) is 8.09. The van der Waals surface area contributed by atoms with Crippen LogP contribution in [0, 0.1) is 13.8 Å². The lowest BCUT2D eigenvalue weighted by Gasteiger charge is -2.14. The molecule has 4 aromatic rings. The Morgan fingerprint density at radius 2 is 1.61 bits per heavy atom. The molecule has 0 aliphatic rings. The number of sulfonamides is 1. The molecule has 170 valence electrons. The molecule has 8 heteroatoms. The number of primary sulfonamides is 1. The first-order valence-electron chi connectivity index (χ1n) is 10.5. The van der Waals surface area contributed by atoms with Gasteiger partial charge in [0.25, 0.3) is 5.56 Å². The van der Waals surface area contributed by atoms with Gasteiger partial charge in [0.1, 0.15) is 0 Å². The fourth-order valence-electron chi connectivity index (χ4n) is 3.84. The summed E-state index contributed by atoms with van der Waals surface area (Å²) in [5.41, 5.74) is 5.11. The summed E-state index contributed by atoms with van der Waals surface area (Å²) in [4.78, 5) is 18.1. The van der Waals surface area contributed by atoms with E-state index in [-0.39, 0.29) is 10.5 Å². The monoisotopic (exact) mass is 479 g/mol. The van der Waals surface area contributed by atoms with Crippen molar-refractivity contribution in [2.45, 2.75) is 42.6 Å². The van der Waals surface area contributed by atoms with Crippen LogP contribution in [0.3, 0.4) is 0 Å². The van der Waals surface area contributed by atoms with Crippen molar-refractivity contribution < 1.29 is 8.42 Å². The molecule has 2 N–H and O–H groups in total. The molecule has 0 fully saturated rings. The van der Waals surface area contributed by atoms with Gasteiger partial charge in [0.2, 0.25) is 10.0 Å². The normalized spacial score (nSPS) is 11.7. The largest absolute Gasteiger partial charge is 0.287 e. The molecule has 0 bridgehead atoms. The predicted molar refractivity (Wildman–Crippen MR) is 133 cm³/mol. The summed E-state index contributed by atoms with van der Waals surface area (Å²) in [6.07, 6.45) is 0.557. The first-order valence-corrected chi connectivity index (χ1v) is 13.1. The first-order chi connectivity index (χ1) is 15.7. The quantitative estimate of drug-likeness (QED) is 0.317. The molecular formula is C25H25N3O3S2. The molecule has 0 aliphatic heterocycles. The maximum absolute atomic E-state index is 13.3. The Morgan fingerprint density at radius 1 is 0.939 bits per heavy atom. The van der Waals surface area contributed by atoms with Gasteiger partial charge in [0, 0.05) is 12.3 Å². The number of aryl methyl sites for hydroxylation is 3. The molecule has 0 radical (unpaired) electrons. The Hall–Kier alpha value is -2.94. The lowest BCUT2D eigenvalue weighted by Crippen LogP contribution is -2.24. The standard InChI is InChI=1S/C25H25N3O3S2/c1-17-13-18(2)15-20(14-17)16-32-25-27-23-6-4-3-5-22(23)24(29)28(25)12-11-19-7-9-21(10-8-19)33(26,30)31/h3-10,13-15H,11-12,16H2,1-2H3,(H2,26,30,31). The highest BCUT2D eigenvalue weighted by Gasteiger charge is 2.13. The third-order valence-corrected chi connectivity index (χ3v) is 7.33. The van der Waals surface area contributed by atoms with E-state index in [1.54, 1.807) is 34.5 Å². The fourth-order valence-corrected chi connectivity index (χ4v) is 5.31. The Balaban J connectivity index is 1.64.